The molecule has 14 heavy (non-hydrogen) atoms. The Bertz CT molecular complexity index is 369. The van der Waals surface area contributed by atoms with Crippen LogP contribution in [-0.4, -0.2) is 6.61 Å². The van der Waals surface area contributed by atoms with Crippen molar-refractivity contribution in [3.05, 3.63) is 35.2 Å². The van der Waals surface area contributed by atoms with Gasteiger partial charge in [-0.15, -0.1) is 0 Å². The summed E-state index contributed by atoms with van der Waals surface area (Å²) >= 11 is 0. The van der Waals surface area contributed by atoms with E-state index in [0.29, 0.717) is 12.2 Å². The highest BCUT2D eigenvalue weighted by Crippen LogP contribution is 2.31. The number of hydrogen-bond donors (Lipinski definition) is 0. The summed E-state index contributed by atoms with van der Waals surface area (Å²) in [6.07, 6.45) is 5.62. The zero-order chi connectivity index (χ0) is 9.97. The number of fused-ring (bicyclic) bond motifs is 1. The molecule has 0 amide bonds. The lowest BCUT2D eigenvalue weighted by Gasteiger charge is -2.16. The Kier molecular flexibility index (Phi) is 2.53. The second-order valence-electron chi connectivity index (χ2n) is 3.41. The van der Waals surface area contributed by atoms with Gasteiger partial charge in [-0.1, -0.05) is 19.4 Å². The Hall–Kier alpha value is -1.31. The SMILES string of the molecule is CCCc1ccc(F)c2c1OCC=C2. The first-order valence-electron chi connectivity index (χ1n) is 4.93. The van der Waals surface area contributed by atoms with Crippen molar-refractivity contribution in [3.8, 4) is 5.75 Å². The van der Waals surface area contributed by atoms with E-state index in [-0.39, 0.29) is 5.82 Å². The summed E-state index contributed by atoms with van der Waals surface area (Å²) in [5.41, 5.74) is 1.70. The van der Waals surface area contributed by atoms with Crippen molar-refractivity contribution >= 4 is 6.08 Å². The summed E-state index contributed by atoms with van der Waals surface area (Å²) < 4.78 is 18.8. The maximum absolute atomic E-state index is 13.4. The molecule has 0 aromatic heterocycles. The van der Waals surface area contributed by atoms with Crippen molar-refractivity contribution in [1.82, 2.24) is 0 Å². The lowest BCUT2D eigenvalue weighted by atomic mass is 10.0. The van der Waals surface area contributed by atoms with Crippen LogP contribution < -0.4 is 4.74 Å². The summed E-state index contributed by atoms with van der Waals surface area (Å²) in [7, 11) is 0. The number of aryl methyl sites for hydroxylation is 1. The zero-order valence-electron chi connectivity index (χ0n) is 8.22. The second kappa shape index (κ2) is 3.82. The fraction of sp³-hybridized carbons (Fsp3) is 0.333. The first-order valence-corrected chi connectivity index (χ1v) is 4.93. The van der Waals surface area contributed by atoms with Crippen LogP contribution in [-0.2, 0) is 6.42 Å². The predicted molar refractivity (Wildman–Crippen MR) is 54.9 cm³/mol. The van der Waals surface area contributed by atoms with E-state index in [2.05, 4.69) is 6.92 Å². The van der Waals surface area contributed by atoms with Crippen molar-refractivity contribution in [2.45, 2.75) is 19.8 Å². The monoisotopic (exact) mass is 192 g/mol. The molecule has 0 radical (unpaired) electrons. The summed E-state index contributed by atoms with van der Waals surface area (Å²) in [6.45, 7) is 2.65. The fourth-order valence-electron chi connectivity index (χ4n) is 1.71. The molecule has 0 saturated heterocycles. The van der Waals surface area contributed by atoms with Crippen LogP contribution >= 0.6 is 0 Å². The summed E-state index contributed by atoms with van der Waals surface area (Å²) in [6, 6.07) is 3.33. The van der Waals surface area contributed by atoms with Gasteiger partial charge in [0.1, 0.15) is 18.2 Å². The number of rotatable bonds is 2. The van der Waals surface area contributed by atoms with Crippen LogP contribution in [0.25, 0.3) is 6.08 Å². The van der Waals surface area contributed by atoms with Gasteiger partial charge < -0.3 is 4.74 Å². The fourth-order valence-corrected chi connectivity index (χ4v) is 1.71. The summed E-state index contributed by atoms with van der Waals surface area (Å²) in [5, 5.41) is 0. The Morgan fingerprint density at radius 3 is 3.07 bits per heavy atom. The van der Waals surface area contributed by atoms with Gasteiger partial charge in [-0.2, -0.15) is 0 Å². The van der Waals surface area contributed by atoms with Crippen molar-refractivity contribution in [2.75, 3.05) is 6.61 Å². The molecule has 1 aliphatic rings. The number of halogens is 1. The van der Waals surface area contributed by atoms with E-state index >= 15 is 0 Å². The normalized spacial score (nSPS) is 13.6. The summed E-state index contributed by atoms with van der Waals surface area (Å²) in [4.78, 5) is 0. The van der Waals surface area contributed by atoms with Crippen LogP contribution in [0.2, 0.25) is 0 Å². The number of hydrogen-bond acceptors (Lipinski definition) is 1. The largest absolute Gasteiger partial charge is 0.489 e. The van der Waals surface area contributed by atoms with E-state index < -0.39 is 0 Å². The van der Waals surface area contributed by atoms with E-state index in [1.54, 1.807) is 6.08 Å². The molecule has 0 bridgehead atoms. The van der Waals surface area contributed by atoms with Crippen LogP contribution in [0.15, 0.2) is 18.2 Å². The van der Waals surface area contributed by atoms with E-state index in [1.165, 1.54) is 6.07 Å². The average Bonchev–Trinajstić information content (AvgIpc) is 2.23. The van der Waals surface area contributed by atoms with E-state index in [1.807, 2.05) is 12.1 Å². The molecule has 0 N–H and O–H groups in total. The zero-order valence-corrected chi connectivity index (χ0v) is 8.22. The van der Waals surface area contributed by atoms with Crippen LogP contribution in [0, 0.1) is 5.82 Å². The van der Waals surface area contributed by atoms with Crippen LogP contribution in [0.1, 0.15) is 24.5 Å². The maximum Gasteiger partial charge on any atom is 0.134 e. The molecule has 1 aromatic rings. The van der Waals surface area contributed by atoms with Gasteiger partial charge in [0, 0.05) is 0 Å². The van der Waals surface area contributed by atoms with Gasteiger partial charge in [-0.05, 0) is 30.2 Å². The number of ether oxygens (including phenoxy) is 1. The Morgan fingerprint density at radius 1 is 1.43 bits per heavy atom. The average molecular weight is 192 g/mol. The van der Waals surface area contributed by atoms with E-state index in [9.17, 15) is 4.39 Å². The summed E-state index contributed by atoms with van der Waals surface area (Å²) in [5.74, 6) is 0.533. The van der Waals surface area contributed by atoms with Gasteiger partial charge in [-0.25, -0.2) is 4.39 Å². The predicted octanol–water partition coefficient (Wildman–Crippen LogP) is 3.18. The molecule has 1 aliphatic heterocycles. The maximum atomic E-state index is 13.4. The smallest absolute Gasteiger partial charge is 0.134 e. The van der Waals surface area contributed by atoms with Crippen LogP contribution in [0.3, 0.4) is 0 Å². The highest BCUT2D eigenvalue weighted by atomic mass is 19.1. The Morgan fingerprint density at radius 2 is 2.29 bits per heavy atom. The van der Waals surface area contributed by atoms with Crippen molar-refractivity contribution in [2.24, 2.45) is 0 Å². The van der Waals surface area contributed by atoms with Crippen LogP contribution in [0.5, 0.6) is 5.75 Å². The molecule has 0 spiro atoms. The molecule has 0 aliphatic carbocycles. The molecule has 2 rings (SSSR count). The van der Waals surface area contributed by atoms with Gasteiger partial charge in [0.25, 0.3) is 0 Å². The highest BCUT2D eigenvalue weighted by Gasteiger charge is 2.14. The molecule has 2 heteroatoms. The first-order chi connectivity index (χ1) is 6.83. The lowest BCUT2D eigenvalue weighted by Crippen LogP contribution is -2.05. The first kappa shape index (κ1) is 9.25. The quantitative estimate of drug-likeness (QED) is 0.699. The van der Waals surface area contributed by atoms with Crippen molar-refractivity contribution in [3.63, 3.8) is 0 Å². The lowest BCUT2D eigenvalue weighted by molar-refractivity contribution is 0.351. The molecule has 74 valence electrons. The third-order valence-corrected chi connectivity index (χ3v) is 2.35. The molecule has 1 aromatic carbocycles. The molecular weight excluding hydrogens is 179 g/mol. The topological polar surface area (TPSA) is 9.23 Å². The molecule has 0 fully saturated rings. The molecule has 1 heterocycles. The minimum atomic E-state index is -0.198. The van der Waals surface area contributed by atoms with Crippen LogP contribution in [0.4, 0.5) is 4.39 Å². The van der Waals surface area contributed by atoms with Gasteiger partial charge in [0.15, 0.2) is 0 Å². The molecule has 1 nitrogen and oxygen atoms in total. The number of benzene rings is 1. The van der Waals surface area contributed by atoms with Gasteiger partial charge in [0.05, 0.1) is 5.56 Å². The minimum Gasteiger partial charge on any atom is -0.489 e. The third-order valence-electron chi connectivity index (χ3n) is 2.35. The standard InChI is InChI=1S/C12H13FO/c1-2-4-9-6-7-11(13)10-5-3-8-14-12(9)10/h3,5-7H,2,4,8H2,1H3. The van der Waals surface area contributed by atoms with Gasteiger partial charge in [0.2, 0.25) is 0 Å². The Labute approximate surface area is 83.2 Å². The molecule has 0 atom stereocenters. The Balaban J connectivity index is 2.49. The minimum absolute atomic E-state index is 0.198. The molecule has 0 saturated carbocycles. The van der Waals surface area contributed by atoms with Crippen molar-refractivity contribution in [1.29, 1.82) is 0 Å². The molecule has 0 unspecified atom stereocenters. The third kappa shape index (κ3) is 1.52. The van der Waals surface area contributed by atoms with E-state index in [0.717, 1.165) is 24.2 Å². The van der Waals surface area contributed by atoms with E-state index in [4.69, 9.17) is 4.74 Å². The van der Waals surface area contributed by atoms with Crippen molar-refractivity contribution < 1.29 is 9.13 Å². The molecular formula is C12H13FO. The van der Waals surface area contributed by atoms with Gasteiger partial charge in [-0.3, -0.25) is 0 Å². The highest BCUT2D eigenvalue weighted by molar-refractivity contribution is 5.62. The second-order valence-corrected chi connectivity index (χ2v) is 3.41. The van der Waals surface area contributed by atoms with Gasteiger partial charge >= 0.3 is 0 Å².